The molecule has 1 aromatic carbocycles. The summed E-state index contributed by atoms with van der Waals surface area (Å²) < 4.78 is 0. The van der Waals surface area contributed by atoms with E-state index in [4.69, 9.17) is 16.7 Å². The van der Waals surface area contributed by atoms with Crippen LogP contribution in [0.1, 0.15) is 18.4 Å². The lowest BCUT2D eigenvalue weighted by Crippen LogP contribution is -2.46. The highest BCUT2D eigenvalue weighted by Crippen LogP contribution is 2.14. The minimum Gasteiger partial charge on any atom is -0.396 e. The Bertz CT molecular complexity index is 378. The molecule has 0 unspecified atom stereocenters. The molecule has 2 rings (SSSR count). The summed E-state index contributed by atoms with van der Waals surface area (Å²) >= 11 is 6.01. The van der Waals surface area contributed by atoms with Gasteiger partial charge in [-0.3, -0.25) is 4.90 Å². The zero-order valence-corrected chi connectivity index (χ0v) is 12.1. The molecule has 0 spiro atoms. The molecule has 1 heterocycles. The van der Waals surface area contributed by atoms with E-state index in [9.17, 15) is 0 Å². The molecule has 19 heavy (non-hydrogen) atoms. The highest BCUT2D eigenvalue weighted by atomic mass is 35.5. The maximum Gasteiger partial charge on any atom is 0.0431 e. The van der Waals surface area contributed by atoms with E-state index in [0.717, 1.165) is 57.1 Å². The Morgan fingerprint density at radius 1 is 1.05 bits per heavy atom. The van der Waals surface area contributed by atoms with Gasteiger partial charge in [0, 0.05) is 44.4 Å². The fraction of sp³-hybridized carbons (Fsp3) is 0.600. The molecular weight excluding hydrogens is 260 g/mol. The van der Waals surface area contributed by atoms with Gasteiger partial charge < -0.3 is 10.0 Å². The van der Waals surface area contributed by atoms with Gasteiger partial charge in [0.2, 0.25) is 0 Å². The lowest BCUT2D eigenvalue weighted by Gasteiger charge is -2.34. The quantitative estimate of drug-likeness (QED) is 0.811. The summed E-state index contributed by atoms with van der Waals surface area (Å²) in [4.78, 5) is 4.97. The molecule has 4 heteroatoms. The van der Waals surface area contributed by atoms with Crippen molar-refractivity contribution in [2.24, 2.45) is 0 Å². The van der Waals surface area contributed by atoms with E-state index < -0.39 is 0 Å². The van der Waals surface area contributed by atoms with Gasteiger partial charge in [-0.2, -0.15) is 0 Å². The third-order valence-corrected chi connectivity index (χ3v) is 3.88. The summed E-state index contributed by atoms with van der Waals surface area (Å²) in [6, 6.07) is 8.13. The van der Waals surface area contributed by atoms with Crippen molar-refractivity contribution >= 4 is 11.6 Å². The first-order valence-electron chi connectivity index (χ1n) is 7.08. The Kier molecular flexibility index (Phi) is 6.11. The average Bonchev–Trinajstić information content (AvgIpc) is 2.41. The number of halogens is 1. The van der Waals surface area contributed by atoms with Crippen LogP contribution in [0.5, 0.6) is 0 Å². The number of hydrogen-bond donors (Lipinski definition) is 1. The zero-order valence-electron chi connectivity index (χ0n) is 11.4. The van der Waals surface area contributed by atoms with Crippen LogP contribution in [0, 0.1) is 0 Å². The van der Waals surface area contributed by atoms with Crippen molar-refractivity contribution in [1.82, 2.24) is 9.80 Å². The van der Waals surface area contributed by atoms with Crippen molar-refractivity contribution in [3.8, 4) is 0 Å². The molecule has 1 aliphatic heterocycles. The fourth-order valence-corrected chi connectivity index (χ4v) is 2.72. The monoisotopic (exact) mass is 282 g/mol. The molecule has 3 nitrogen and oxygen atoms in total. The van der Waals surface area contributed by atoms with E-state index in [1.807, 2.05) is 12.1 Å². The summed E-state index contributed by atoms with van der Waals surface area (Å²) in [5.41, 5.74) is 1.29. The number of unbranched alkanes of at least 4 members (excludes halogenated alkanes) is 1. The standard InChI is InChI=1S/C15H23ClN2O/c16-15-5-3-4-14(12-15)13-18-9-7-17(8-10-18)6-1-2-11-19/h3-5,12,19H,1-2,6-11,13H2. The minimum atomic E-state index is 0.314. The molecule has 0 atom stereocenters. The second kappa shape index (κ2) is 7.85. The van der Waals surface area contributed by atoms with Crippen LogP contribution < -0.4 is 0 Å². The van der Waals surface area contributed by atoms with Gasteiger partial charge in [-0.15, -0.1) is 0 Å². The molecule has 1 N–H and O–H groups in total. The number of rotatable bonds is 6. The van der Waals surface area contributed by atoms with E-state index in [1.54, 1.807) is 0 Å². The van der Waals surface area contributed by atoms with Crippen molar-refractivity contribution in [2.75, 3.05) is 39.3 Å². The van der Waals surface area contributed by atoms with Crippen LogP contribution in [0.15, 0.2) is 24.3 Å². The van der Waals surface area contributed by atoms with Crippen LogP contribution in [-0.4, -0.2) is 54.2 Å². The van der Waals surface area contributed by atoms with Crippen molar-refractivity contribution in [2.45, 2.75) is 19.4 Å². The Balaban J connectivity index is 1.71. The first-order chi connectivity index (χ1) is 9.28. The van der Waals surface area contributed by atoms with Crippen LogP contribution in [0.3, 0.4) is 0 Å². The summed E-state index contributed by atoms with van der Waals surface area (Å²) in [6.45, 7) is 6.92. The van der Waals surface area contributed by atoms with Gasteiger partial charge >= 0.3 is 0 Å². The topological polar surface area (TPSA) is 26.7 Å². The van der Waals surface area contributed by atoms with Crippen molar-refractivity contribution in [3.63, 3.8) is 0 Å². The Labute approximate surface area is 120 Å². The predicted octanol–water partition coefficient (Wildman–Crippen LogP) is 2.23. The Morgan fingerprint density at radius 3 is 2.47 bits per heavy atom. The lowest BCUT2D eigenvalue weighted by atomic mass is 10.2. The van der Waals surface area contributed by atoms with E-state index >= 15 is 0 Å². The summed E-state index contributed by atoms with van der Waals surface area (Å²) in [6.07, 6.45) is 2.02. The molecule has 1 aliphatic rings. The average molecular weight is 283 g/mol. The van der Waals surface area contributed by atoms with E-state index in [1.165, 1.54) is 5.56 Å². The second-order valence-corrected chi connectivity index (χ2v) is 5.61. The number of piperazine rings is 1. The van der Waals surface area contributed by atoms with Gasteiger partial charge in [0.05, 0.1) is 0 Å². The maximum absolute atomic E-state index is 8.79. The smallest absolute Gasteiger partial charge is 0.0431 e. The van der Waals surface area contributed by atoms with Crippen molar-refractivity contribution in [3.05, 3.63) is 34.9 Å². The van der Waals surface area contributed by atoms with Gasteiger partial charge in [-0.05, 0) is 37.1 Å². The third kappa shape index (κ3) is 5.11. The largest absolute Gasteiger partial charge is 0.396 e. The molecule has 0 radical (unpaired) electrons. The zero-order chi connectivity index (χ0) is 13.5. The molecule has 1 aromatic rings. The number of benzene rings is 1. The Morgan fingerprint density at radius 2 is 1.79 bits per heavy atom. The van der Waals surface area contributed by atoms with Crippen molar-refractivity contribution in [1.29, 1.82) is 0 Å². The molecule has 0 saturated carbocycles. The van der Waals surface area contributed by atoms with E-state index in [0.29, 0.717) is 6.61 Å². The summed E-state index contributed by atoms with van der Waals surface area (Å²) in [5, 5.41) is 9.61. The highest BCUT2D eigenvalue weighted by Gasteiger charge is 2.16. The number of nitrogens with zero attached hydrogens (tertiary/aromatic N) is 2. The van der Waals surface area contributed by atoms with Crippen LogP contribution in [0.25, 0.3) is 0 Å². The predicted molar refractivity (Wildman–Crippen MR) is 79.5 cm³/mol. The molecule has 0 bridgehead atoms. The second-order valence-electron chi connectivity index (χ2n) is 5.18. The van der Waals surface area contributed by atoms with E-state index in [-0.39, 0.29) is 0 Å². The molecule has 0 amide bonds. The maximum atomic E-state index is 8.79. The number of aliphatic hydroxyl groups excluding tert-OH is 1. The number of hydrogen-bond acceptors (Lipinski definition) is 3. The molecule has 1 fully saturated rings. The first kappa shape index (κ1) is 14.8. The lowest BCUT2D eigenvalue weighted by molar-refractivity contribution is 0.123. The third-order valence-electron chi connectivity index (χ3n) is 3.64. The molecule has 1 saturated heterocycles. The minimum absolute atomic E-state index is 0.314. The SMILES string of the molecule is OCCCCN1CCN(Cc2cccc(Cl)c2)CC1. The van der Waals surface area contributed by atoms with Gasteiger partial charge in [-0.25, -0.2) is 0 Å². The molecule has 0 aliphatic carbocycles. The number of aliphatic hydroxyl groups is 1. The van der Waals surface area contributed by atoms with Gasteiger partial charge in [0.25, 0.3) is 0 Å². The molecule has 106 valence electrons. The van der Waals surface area contributed by atoms with Crippen molar-refractivity contribution < 1.29 is 5.11 Å². The van der Waals surface area contributed by atoms with Gasteiger partial charge in [-0.1, -0.05) is 23.7 Å². The molecule has 0 aromatic heterocycles. The summed E-state index contributed by atoms with van der Waals surface area (Å²) in [5.74, 6) is 0. The van der Waals surface area contributed by atoms with Crippen LogP contribution >= 0.6 is 11.6 Å². The molecular formula is C15H23ClN2O. The van der Waals surface area contributed by atoms with Gasteiger partial charge in [0.15, 0.2) is 0 Å². The van der Waals surface area contributed by atoms with Gasteiger partial charge in [0.1, 0.15) is 0 Å². The highest BCUT2D eigenvalue weighted by molar-refractivity contribution is 6.30. The first-order valence-corrected chi connectivity index (χ1v) is 7.46. The van der Waals surface area contributed by atoms with Crippen LogP contribution in [0.2, 0.25) is 5.02 Å². The van der Waals surface area contributed by atoms with E-state index in [2.05, 4.69) is 21.9 Å². The Hall–Kier alpha value is -0.610. The van der Waals surface area contributed by atoms with Crippen LogP contribution in [0.4, 0.5) is 0 Å². The normalized spacial score (nSPS) is 17.8. The summed E-state index contributed by atoms with van der Waals surface area (Å²) in [7, 11) is 0. The fourth-order valence-electron chi connectivity index (χ4n) is 2.51. The van der Waals surface area contributed by atoms with Crippen LogP contribution in [-0.2, 0) is 6.54 Å².